The van der Waals surface area contributed by atoms with Crippen LogP contribution in [-0.4, -0.2) is 22.5 Å². The van der Waals surface area contributed by atoms with Gasteiger partial charge in [0.05, 0.1) is 0 Å². The zero-order valence-corrected chi connectivity index (χ0v) is 13.9. The standard InChI is InChI=1S/C18H15NO2S2/c20-14-5-3-13(4-6-14)18(21)19-9-7-12-8-11-23-17(12)16(19)15-2-1-10-22-15/h1-6,8,10-11,16,20H,7,9H2. The van der Waals surface area contributed by atoms with Gasteiger partial charge >= 0.3 is 0 Å². The lowest BCUT2D eigenvalue weighted by Gasteiger charge is -2.35. The zero-order chi connectivity index (χ0) is 15.8. The zero-order valence-electron chi connectivity index (χ0n) is 12.3. The van der Waals surface area contributed by atoms with Crippen molar-refractivity contribution in [2.75, 3.05) is 6.54 Å². The summed E-state index contributed by atoms with van der Waals surface area (Å²) in [6, 6.07) is 12.8. The Bertz CT molecular complexity index is 821. The van der Waals surface area contributed by atoms with Crippen molar-refractivity contribution in [3.63, 3.8) is 0 Å². The Kier molecular flexibility index (Phi) is 3.67. The van der Waals surface area contributed by atoms with Gasteiger partial charge in [0.1, 0.15) is 11.8 Å². The summed E-state index contributed by atoms with van der Waals surface area (Å²) < 4.78 is 0. The molecule has 3 heterocycles. The molecule has 0 spiro atoms. The molecule has 4 rings (SSSR count). The molecule has 0 aliphatic carbocycles. The molecule has 1 unspecified atom stereocenters. The number of aromatic hydroxyl groups is 1. The second kappa shape index (κ2) is 5.83. The molecule has 5 heteroatoms. The molecular formula is C18H15NO2S2. The van der Waals surface area contributed by atoms with E-state index in [1.54, 1.807) is 46.9 Å². The fourth-order valence-electron chi connectivity index (χ4n) is 3.02. The van der Waals surface area contributed by atoms with E-state index in [-0.39, 0.29) is 17.7 Å². The highest BCUT2D eigenvalue weighted by atomic mass is 32.1. The van der Waals surface area contributed by atoms with Crippen LogP contribution in [0.4, 0.5) is 0 Å². The van der Waals surface area contributed by atoms with Crippen LogP contribution in [0, 0.1) is 0 Å². The van der Waals surface area contributed by atoms with Crippen LogP contribution in [-0.2, 0) is 6.42 Å². The van der Waals surface area contributed by atoms with Gasteiger partial charge in [0, 0.05) is 21.9 Å². The molecule has 1 aliphatic rings. The van der Waals surface area contributed by atoms with Gasteiger partial charge in [-0.25, -0.2) is 0 Å². The molecular weight excluding hydrogens is 326 g/mol. The minimum Gasteiger partial charge on any atom is -0.508 e. The molecule has 0 saturated carbocycles. The van der Waals surface area contributed by atoms with Crippen LogP contribution in [0.15, 0.2) is 53.2 Å². The number of phenolic OH excluding ortho intramolecular Hbond substituents is 1. The van der Waals surface area contributed by atoms with Crippen molar-refractivity contribution < 1.29 is 9.90 Å². The van der Waals surface area contributed by atoms with Crippen molar-refractivity contribution in [3.8, 4) is 5.75 Å². The van der Waals surface area contributed by atoms with Gasteiger partial charge in [0.15, 0.2) is 0 Å². The molecule has 1 N–H and O–H groups in total. The first kappa shape index (κ1) is 14.5. The van der Waals surface area contributed by atoms with Crippen molar-refractivity contribution in [1.29, 1.82) is 0 Å². The van der Waals surface area contributed by atoms with E-state index in [0.29, 0.717) is 12.1 Å². The second-order valence-corrected chi connectivity index (χ2v) is 7.45. The van der Waals surface area contributed by atoms with E-state index < -0.39 is 0 Å². The molecule has 0 radical (unpaired) electrons. The first-order valence-corrected chi connectivity index (χ1v) is 9.19. The van der Waals surface area contributed by atoms with E-state index in [1.807, 2.05) is 11.0 Å². The summed E-state index contributed by atoms with van der Waals surface area (Å²) in [7, 11) is 0. The third kappa shape index (κ3) is 2.56. The van der Waals surface area contributed by atoms with E-state index in [1.165, 1.54) is 15.3 Å². The third-order valence-electron chi connectivity index (χ3n) is 4.15. The lowest BCUT2D eigenvalue weighted by atomic mass is 9.99. The van der Waals surface area contributed by atoms with Gasteiger partial charge in [0.2, 0.25) is 0 Å². The Morgan fingerprint density at radius 2 is 1.91 bits per heavy atom. The van der Waals surface area contributed by atoms with Crippen molar-refractivity contribution >= 4 is 28.6 Å². The van der Waals surface area contributed by atoms with Crippen LogP contribution in [0.3, 0.4) is 0 Å². The predicted octanol–water partition coefficient (Wildman–Crippen LogP) is 4.30. The molecule has 1 aliphatic heterocycles. The van der Waals surface area contributed by atoms with Crippen molar-refractivity contribution in [2.45, 2.75) is 12.5 Å². The number of hydrogen-bond donors (Lipinski definition) is 1. The number of phenols is 1. The fourth-order valence-corrected chi connectivity index (χ4v) is 5.03. The molecule has 2 aromatic heterocycles. The van der Waals surface area contributed by atoms with Crippen LogP contribution < -0.4 is 0 Å². The molecule has 3 aromatic rings. The molecule has 0 bridgehead atoms. The van der Waals surface area contributed by atoms with E-state index in [4.69, 9.17) is 0 Å². The van der Waals surface area contributed by atoms with Crippen LogP contribution in [0.5, 0.6) is 5.75 Å². The molecule has 0 fully saturated rings. The topological polar surface area (TPSA) is 40.5 Å². The van der Waals surface area contributed by atoms with E-state index >= 15 is 0 Å². The van der Waals surface area contributed by atoms with E-state index in [0.717, 1.165) is 6.42 Å². The van der Waals surface area contributed by atoms with Gasteiger partial charge in [-0.3, -0.25) is 4.79 Å². The molecule has 3 nitrogen and oxygen atoms in total. The van der Waals surface area contributed by atoms with E-state index in [2.05, 4.69) is 22.9 Å². The first-order valence-electron chi connectivity index (χ1n) is 7.44. The summed E-state index contributed by atoms with van der Waals surface area (Å²) in [6.45, 7) is 0.714. The van der Waals surface area contributed by atoms with Crippen molar-refractivity contribution in [2.24, 2.45) is 0 Å². The number of rotatable bonds is 2. The summed E-state index contributed by atoms with van der Waals surface area (Å²) >= 11 is 3.41. The lowest BCUT2D eigenvalue weighted by Crippen LogP contribution is -2.39. The van der Waals surface area contributed by atoms with Gasteiger partial charge in [0.25, 0.3) is 5.91 Å². The Morgan fingerprint density at radius 3 is 2.65 bits per heavy atom. The number of hydrogen-bond acceptors (Lipinski definition) is 4. The van der Waals surface area contributed by atoms with Gasteiger partial charge in [-0.2, -0.15) is 0 Å². The van der Waals surface area contributed by atoms with Crippen LogP contribution in [0.25, 0.3) is 0 Å². The molecule has 0 saturated heterocycles. The lowest BCUT2D eigenvalue weighted by molar-refractivity contribution is 0.0700. The number of carbonyl (C=O) groups excluding carboxylic acids is 1. The second-order valence-electron chi connectivity index (χ2n) is 5.52. The third-order valence-corrected chi connectivity index (χ3v) is 6.09. The van der Waals surface area contributed by atoms with E-state index in [9.17, 15) is 9.90 Å². The quantitative estimate of drug-likeness (QED) is 0.755. The SMILES string of the molecule is O=C(c1ccc(O)cc1)N1CCc2ccsc2C1c1cccs1. The maximum atomic E-state index is 13.0. The number of thiophene rings is 2. The molecule has 116 valence electrons. The summed E-state index contributed by atoms with van der Waals surface area (Å²) in [5.41, 5.74) is 1.97. The highest BCUT2D eigenvalue weighted by molar-refractivity contribution is 7.11. The minimum absolute atomic E-state index is 0.0000491. The normalized spacial score (nSPS) is 17.0. The minimum atomic E-state index is 0.0000491. The summed E-state index contributed by atoms with van der Waals surface area (Å²) in [5, 5.41) is 13.6. The number of fused-ring (bicyclic) bond motifs is 1. The number of nitrogens with zero attached hydrogens (tertiary/aromatic N) is 1. The molecule has 1 atom stereocenters. The average Bonchev–Trinajstić information content (AvgIpc) is 3.25. The average molecular weight is 341 g/mol. The monoisotopic (exact) mass is 341 g/mol. The first-order chi connectivity index (χ1) is 11.2. The Hall–Kier alpha value is -2.11. The predicted molar refractivity (Wildman–Crippen MR) is 93.3 cm³/mol. The summed E-state index contributed by atoms with van der Waals surface area (Å²) in [6.07, 6.45) is 0.893. The number of benzene rings is 1. The van der Waals surface area contributed by atoms with Crippen LogP contribution >= 0.6 is 22.7 Å². The largest absolute Gasteiger partial charge is 0.508 e. The molecule has 1 aromatic carbocycles. The van der Waals surface area contributed by atoms with Gasteiger partial charge in [-0.1, -0.05) is 6.07 Å². The maximum absolute atomic E-state index is 13.0. The highest BCUT2D eigenvalue weighted by Crippen LogP contribution is 2.40. The van der Waals surface area contributed by atoms with Gasteiger partial charge in [-0.15, -0.1) is 22.7 Å². The number of carbonyl (C=O) groups is 1. The fraction of sp³-hybridized carbons (Fsp3) is 0.167. The Labute approximate surface area is 142 Å². The molecule has 1 amide bonds. The summed E-state index contributed by atoms with van der Waals surface area (Å²) in [4.78, 5) is 17.4. The van der Waals surface area contributed by atoms with Gasteiger partial charge in [-0.05, 0) is 59.1 Å². The smallest absolute Gasteiger partial charge is 0.254 e. The maximum Gasteiger partial charge on any atom is 0.254 e. The van der Waals surface area contributed by atoms with Crippen molar-refractivity contribution in [1.82, 2.24) is 4.90 Å². The highest BCUT2D eigenvalue weighted by Gasteiger charge is 2.34. The van der Waals surface area contributed by atoms with Gasteiger partial charge < -0.3 is 10.0 Å². The Morgan fingerprint density at radius 1 is 1.09 bits per heavy atom. The van der Waals surface area contributed by atoms with Crippen molar-refractivity contribution in [3.05, 3.63) is 74.1 Å². The van der Waals surface area contributed by atoms with Crippen LogP contribution in [0.1, 0.15) is 31.7 Å². The summed E-state index contributed by atoms with van der Waals surface area (Å²) in [5.74, 6) is 0.193. The molecule has 23 heavy (non-hydrogen) atoms. The number of amides is 1. The van der Waals surface area contributed by atoms with Crippen LogP contribution in [0.2, 0.25) is 0 Å². The Balaban J connectivity index is 1.75.